The lowest BCUT2D eigenvalue weighted by atomic mass is 10.2. The molecule has 0 spiro atoms. The van der Waals surface area contributed by atoms with Gasteiger partial charge < -0.3 is 9.73 Å². The maximum absolute atomic E-state index is 13.5. The fraction of sp³-hybridized carbons (Fsp3) is 0.353. The van der Waals surface area contributed by atoms with Crippen LogP contribution in [0.25, 0.3) is 0 Å². The number of carbonyl (C=O) groups is 1. The van der Waals surface area contributed by atoms with Crippen molar-refractivity contribution in [2.45, 2.75) is 6.54 Å². The maximum atomic E-state index is 13.5. The van der Waals surface area contributed by atoms with E-state index in [4.69, 9.17) is 4.42 Å². The molecule has 0 unspecified atom stereocenters. The number of piperazine rings is 1. The Morgan fingerprint density at radius 2 is 1.88 bits per heavy atom. The molecule has 1 amide bonds. The second kappa shape index (κ2) is 7.55. The maximum Gasteiger partial charge on any atom is 0.238 e. The van der Waals surface area contributed by atoms with Gasteiger partial charge in [0.25, 0.3) is 0 Å². The number of hydrogen-bond acceptors (Lipinski definition) is 4. The van der Waals surface area contributed by atoms with Crippen LogP contribution in [0, 0.1) is 11.6 Å². The molecule has 1 N–H and O–H groups in total. The third kappa shape index (κ3) is 4.39. The van der Waals surface area contributed by atoms with Crippen LogP contribution in [0.2, 0.25) is 0 Å². The molecule has 3 rings (SSSR count). The number of benzene rings is 1. The summed E-state index contributed by atoms with van der Waals surface area (Å²) in [6.45, 7) is 4.11. The lowest BCUT2D eigenvalue weighted by Gasteiger charge is -2.33. The first kappa shape index (κ1) is 16.6. The average molecular weight is 335 g/mol. The Morgan fingerprint density at radius 1 is 1.12 bits per heavy atom. The van der Waals surface area contributed by atoms with E-state index in [0.29, 0.717) is 0 Å². The summed E-state index contributed by atoms with van der Waals surface area (Å²) in [4.78, 5) is 16.3. The molecule has 24 heavy (non-hydrogen) atoms. The van der Waals surface area contributed by atoms with Crippen LogP contribution in [-0.2, 0) is 11.3 Å². The zero-order chi connectivity index (χ0) is 16.9. The fourth-order valence-corrected chi connectivity index (χ4v) is 2.71. The number of halogens is 2. The number of amides is 1. The number of anilines is 1. The molecule has 0 atom stereocenters. The van der Waals surface area contributed by atoms with Crippen LogP contribution < -0.4 is 5.32 Å². The van der Waals surface area contributed by atoms with Gasteiger partial charge in [-0.15, -0.1) is 0 Å². The summed E-state index contributed by atoms with van der Waals surface area (Å²) < 4.78 is 31.7. The predicted molar refractivity (Wildman–Crippen MR) is 85.4 cm³/mol. The molecule has 1 aliphatic rings. The fourth-order valence-electron chi connectivity index (χ4n) is 2.71. The summed E-state index contributed by atoms with van der Waals surface area (Å²) in [5.41, 5.74) is -0.00199. The zero-order valence-corrected chi connectivity index (χ0v) is 13.2. The van der Waals surface area contributed by atoms with Gasteiger partial charge >= 0.3 is 0 Å². The van der Waals surface area contributed by atoms with Crippen molar-refractivity contribution in [2.75, 3.05) is 38.0 Å². The number of nitrogens with zero attached hydrogens (tertiary/aromatic N) is 2. The van der Waals surface area contributed by atoms with Gasteiger partial charge in [-0.25, -0.2) is 8.78 Å². The van der Waals surface area contributed by atoms with Crippen molar-refractivity contribution >= 4 is 11.6 Å². The van der Waals surface area contributed by atoms with Crippen molar-refractivity contribution < 1.29 is 18.0 Å². The van der Waals surface area contributed by atoms with Gasteiger partial charge in [0, 0.05) is 32.2 Å². The third-order valence-electron chi connectivity index (χ3n) is 4.00. The number of hydrogen-bond donors (Lipinski definition) is 1. The van der Waals surface area contributed by atoms with E-state index >= 15 is 0 Å². The molecule has 0 aliphatic carbocycles. The Balaban J connectivity index is 1.44. The Morgan fingerprint density at radius 3 is 2.54 bits per heavy atom. The molecule has 0 saturated carbocycles. The molecule has 1 aliphatic heterocycles. The van der Waals surface area contributed by atoms with E-state index in [0.717, 1.165) is 50.6 Å². The first-order valence-corrected chi connectivity index (χ1v) is 7.82. The molecule has 2 heterocycles. The topological polar surface area (TPSA) is 48.7 Å². The van der Waals surface area contributed by atoms with E-state index in [9.17, 15) is 13.6 Å². The van der Waals surface area contributed by atoms with Gasteiger partial charge in [0.1, 0.15) is 17.4 Å². The van der Waals surface area contributed by atoms with E-state index in [1.165, 1.54) is 6.07 Å². The minimum atomic E-state index is -0.772. The standard InChI is InChI=1S/C17H19F2N3O2/c18-13-3-4-16(15(19)10-13)20-17(23)12-22-7-5-21(6-8-22)11-14-2-1-9-24-14/h1-4,9-10H,5-8,11-12H2,(H,20,23). The predicted octanol–water partition coefficient (Wildman–Crippen LogP) is 2.31. The van der Waals surface area contributed by atoms with E-state index in [2.05, 4.69) is 10.2 Å². The Kier molecular flexibility index (Phi) is 5.22. The van der Waals surface area contributed by atoms with Crippen LogP contribution in [0.1, 0.15) is 5.76 Å². The number of rotatable bonds is 5. The summed E-state index contributed by atoms with van der Waals surface area (Å²) >= 11 is 0. The minimum absolute atomic E-state index is 0.00199. The van der Waals surface area contributed by atoms with Gasteiger partial charge in [-0.05, 0) is 24.3 Å². The molecule has 0 bridgehead atoms. The SMILES string of the molecule is O=C(CN1CCN(Cc2ccco2)CC1)Nc1ccc(F)cc1F. The molecule has 1 aromatic heterocycles. The first-order valence-electron chi connectivity index (χ1n) is 7.82. The Hall–Kier alpha value is -2.25. The van der Waals surface area contributed by atoms with Crippen LogP contribution in [0.4, 0.5) is 14.5 Å². The third-order valence-corrected chi connectivity index (χ3v) is 4.00. The lowest BCUT2D eigenvalue weighted by Crippen LogP contribution is -2.48. The molecule has 2 aromatic rings. The van der Waals surface area contributed by atoms with E-state index in [1.807, 2.05) is 17.0 Å². The monoisotopic (exact) mass is 335 g/mol. The molecule has 1 aromatic carbocycles. The van der Waals surface area contributed by atoms with E-state index < -0.39 is 11.6 Å². The Labute approximate surface area is 138 Å². The highest BCUT2D eigenvalue weighted by atomic mass is 19.1. The molecule has 1 saturated heterocycles. The Bertz CT molecular complexity index is 683. The highest BCUT2D eigenvalue weighted by molar-refractivity contribution is 5.92. The molecule has 7 heteroatoms. The van der Waals surface area contributed by atoms with Crippen molar-refractivity contribution in [2.24, 2.45) is 0 Å². The van der Waals surface area contributed by atoms with Gasteiger partial charge in [-0.2, -0.15) is 0 Å². The van der Waals surface area contributed by atoms with Crippen LogP contribution in [0.15, 0.2) is 41.0 Å². The van der Waals surface area contributed by atoms with Crippen molar-refractivity contribution in [3.05, 3.63) is 54.0 Å². The van der Waals surface area contributed by atoms with Gasteiger partial charge in [-0.3, -0.25) is 14.6 Å². The van der Waals surface area contributed by atoms with Gasteiger partial charge in [0.05, 0.1) is 25.0 Å². The zero-order valence-electron chi connectivity index (χ0n) is 13.2. The number of furan rings is 1. The second-order valence-corrected chi connectivity index (χ2v) is 5.80. The highest BCUT2D eigenvalue weighted by Gasteiger charge is 2.20. The smallest absolute Gasteiger partial charge is 0.238 e. The van der Waals surface area contributed by atoms with Gasteiger partial charge in [0.15, 0.2) is 0 Å². The second-order valence-electron chi connectivity index (χ2n) is 5.80. The van der Waals surface area contributed by atoms with Crippen LogP contribution in [0.5, 0.6) is 0 Å². The minimum Gasteiger partial charge on any atom is -0.468 e. The average Bonchev–Trinajstić information content (AvgIpc) is 3.05. The summed E-state index contributed by atoms with van der Waals surface area (Å²) in [7, 11) is 0. The van der Waals surface area contributed by atoms with Crippen LogP contribution >= 0.6 is 0 Å². The molecule has 128 valence electrons. The summed E-state index contributed by atoms with van der Waals surface area (Å²) in [6.07, 6.45) is 1.66. The molecule has 0 radical (unpaired) electrons. The van der Waals surface area contributed by atoms with E-state index in [1.54, 1.807) is 6.26 Å². The summed E-state index contributed by atoms with van der Waals surface area (Å²) in [5, 5.41) is 2.48. The van der Waals surface area contributed by atoms with Crippen molar-refractivity contribution in [3.8, 4) is 0 Å². The number of carbonyl (C=O) groups excluding carboxylic acids is 1. The molecular formula is C17H19F2N3O2. The van der Waals surface area contributed by atoms with Crippen molar-refractivity contribution in [3.63, 3.8) is 0 Å². The summed E-state index contributed by atoms with van der Waals surface area (Å²) in [6, 6.07) is 6.90. The van der Waals surface area contributed by atoms with Crippen LogP contribution in [0.3, 0.4) is 0 Å². The van der Waals surface area contributed by atoms with Gasteiger partial charge in [-0.1, -0.05) is 0 Å². The van der Waals surface area contributed by atoms with Crippen LogP contribution in [-0.4, -0.2) is 48.4 Å². The largest absolute Gasteiger partial charge is 0.468 e. The quantitative estimate of drug-likeness (QED) is 0.911. The van der Waals surface area contributed by atoms with E-state index in [-0.39, 0.29) is 18.1 Å². The van der Waals surface area contributed by atoms with Gasteiger partial charge in [0.2, 0.25) is 5.91 Å². The summed E-state index contributed by atoms with van der Waals surface area (Å²) in [5.74, 6) is -0.822. The molecule has 1 fully saturated rings. The first-order chi connectivity index (χ1) is 11.6. The lowest BCUT2D eigenvalue weighted by molar-refractivity contribution is -0.117. The van der Waals surface area contributed by atoms with Crippen molar-refractivity contribution in [1.82, 2.24) is 9.80 Å². The number of nitrogens with one attached hydrogen (secondary N) is 1. The highest BCUT2D eigenvalue weighted by Crippen LogP contribution is 2.15. The molecule has 5 nitrogen and oxygen atoms in total. The van der Waals surface area contributed by atoms with Crippen molar-refractivity contribution in [1.29, 1.82) is 0 Å². The molecular weight excluding hydrogens is 316 g/mol. The normalized spacial score (nSPS) is 16.2.